The lowest BCUT2D eigenvalue weighted by molar-refractivity contribution is -0.122. The Bertz CT molecular complexity index is 746. The number of hydrogen-bond donors (Lipinski definition) is 1. The Hall–Kier alpha value is -2.26. The fourth-order valence-electron chi connectivity index (χ4n) is 3.17. The summed E-state index contributed by atoms with van der Waals surface area (Å²) in [7, 11) is 0. The average molecular weight is 351 g/mol. The molecule has 0 amide bonds. The van der Waals surface area contributed by atoms with Crippen molar-refractivity contribution in [3.05, 3.63) is 71.3 Å². The van der Waals surface area contributed by atoms with Crippen LogP contribution < -0.4 is 5.73 Å². The summed E-state index contributed by atoms with van der Waals surface area (Å²) in [5, 5.41) is 0. The number of ketones is 2. The van der Waals surface area contributed by atoms with E-state index in [1.54, 1.807) is 24.3 Å². The lowest BCUT2D eigenvalue weighted by Crippen LogP contribution is -2.35. The van der Waals surface area contributed by atoms with Crippen LogP contribution in [-0.2, 0) is 10.2 Å². The van der Waals surface area contributed by atoms with Gasteiger partial charge in [-0.05, 0) is 22.5 Å². The zero-order chi connectivity index (χ0) is 19.3. The molecule has 3 nitrogen and oxygen atoms in total. The third-order valence-electron chi connectivity index (χ3n) is 4.97. The van der Waals surface area contributed by atoms with Crippen LogP contribution in [0.4, 0.5) is 0 Å². The number of hydrogen-bond acceptors (Lipinski definition) is 3. The second kappa shape index (κ2) is 8.41. The summed E-state index contributed by atoms with van der Waals surface area (Å²) in [5.74, 6) is -0.603. The zero-order valence-electron chi connectivity index (χ0n) is 16.2. The van der Waals surface area contributed by atoms with Crippen LogP contribution in [-0.4, -0.2) is 18.1 Å². The Labute approximate surface area is 156 Å². The van der Waals surface area contributed by atoms with Crippen molar-refractivity contribution in [2.75, 3.05) is 6.54 Å². The van der Waals surface area contributed by atoms with Crippen LogP contribution in [0.25, 0.3) is 0 Å². The molecule has 2 aromatic carbocycles. The number of carbonyl (C=O) groups excluding carboxylic acids is 2. The van der Waals surface area contributed by atoms with E-state index in [1.165, 1.54) is 5.56 Å². The van der Waals surface area contributed by atoms with Gasteiger partial charge in [0.15, 0.2) is 5.78 Å². The van der Waals surface area contributed by atoms with Crippen LogP contribution in [0.2, 0.25) is 0 Å². The Morgan fingerprint density at radius 2 is 1.54 bits per heavy atom. The maximum Gasteiger partial charge on any atom is 0.174 e. The van der Waals surface area contributed by atoms with Gasteiger partial charge in [-0.25, -0.2) is 0 Å². The second-order valence-corrected chi connectivity index (χ2v) is 7.82. The molecule has 0 aromatic heterocycles. The monoisotopic (exact) mass is 351 g/mol. The van der Waals surface area contributed by atoms with Gasteiger partial charge < -0.3 is 5.73 Å². The fraction of sp³-hybridized carbons (Fsp3) is 0.391. The molecule has 0 aliphatic heterocycles. The molecular weight excluding hydrogens is 322 g/mol. The molecule has 0 heterocycles. The lowest BCUT2D eigenvalue weighted by atomic mass is 9.76. The zero-order valence-corrected chi connectivity index (χ0v) is 16.2. The normalized spacial score (nSPS) is 12.8. The van der Waals surface area contributed by atoms with Gasteiger partial charge in [0.25, 0.3) is 0 Å². The Morgan fingerprint density at radius 3 is 2.04 bits per heavy atom. The van der Waals surface area contributed by atoms with Gasteiger partial charge in [0, 0.05) is 18.5 Å². The number of Topliss-reactive ketones (excluding diaryl/α,β-unsaturated/α-hetero) is 2. The Morgan fingerprint density at radius 1 is 0.962 bits per heavy atom. The molecule has 2 aromatic rings. The fourth-order valence-corrected chi connectivity index (χ4v) is 3.17. The van der Waals surface area contributed by atoms with E-state index in [0.29, 0.717) is 11.5 Å². The topological polar surface area (TPSA) is 60.2 Å². The lowest BCUT2D eigenvalue weighted by Gasteiger charge is -2.27. The first kappa shape index (κ1) is 20.1. The molecule has 0 saturated carbocycles. The maximum absolute atomic E-state index is 12.9. The smallest absolute Gasteiger partial charge is 0.174 e. The van der Waals surface area contributed by atoms with E-state index in [2.05, 4.69) is 38.1 Å². The summed E-state index contributed by atoms with van der Waals surface area (Å²) < 4.78 is 0. The SMILES string of the molecule is CC(C)c1ccc(C(C)(C)CC(=O)C(CN)C(=O)c2ccccc2)cc1. The summed E-state index contributed by atoms with van der Waals surface area (Å²) in [6.07, 6.45) is 0.286. The minimum absolute atomic E-state index is 0.0366. The summed E-state index contributed by atoms with van der Waals surface area (Å²) >= 11 is 0. The Kier molecular flexibility index (Phi) is 6.49. The average Bonchev–Trinajstić information content (AvgIpc) is 2.62. The number of rotatable bonds is 8. The van der Waals surface area contributed by atoms with Gasteiger partial charge in [0.05, 0.1) is 5.92 Å². The van der Waals surface area contributed by atoms with Crippen molar-refractivity contribution in [1.29, 1.82) is 0 Å². The first-order valence-corrected chi connectivity index (χ1v) is 9.18. The van der Waals surface area contributed by atoms with Crippen LogP contribution in [0.3, 0.4) is 0 Å². The minimum Gasteiger partial charge on any atom is -0.329 e. The molecule has 138 valence electrons. The molecule has 0 spiro atoms. The van der Waals surface area contributed by atoms with Gasteiger partial charge in [0.1, 0.15) is 5.78 Å². The van der Waals surface area contributed by atoms with E-state index in [1.807, 2.05) is 19.9 Å². The molecule has 0 bridgehead atoms. The van der Waals surface area contributed by atoms with E-state index in [0.717, 1.165) is 5.56 Å². The predicted molar refractivity (Wildman–Crippen MR) is 106 cm³/mol. The van der Waals surface area contributed by atoms with Crippen molar-refractivity contribution in [3.8, 4) is 0 Å². The third-order valence-corrected chi connectivity index (χ3v) is 4.97. The first-order valence-electron chi connectivity index (χ1n) is 9.18. The minimum atomic E-state index is -0.786. The molecule has 0 saturated heterocycles. The van der Waals surface area contributed by atoms with Crippen LogP contribution in [0.5, 0.6) is 0 Å². The highest BCUT2D eigenvalue weighted by Gasteiger charge is 2.32. The highest BCUT2D eigenvalue weighted by atomic mass is 16.2. The largest absolute Gasteiger partial charge is 0.329 e. The maximum atomic E-state index is 12.9. The molecular formula is C23H29NO2. The Balaban J connectivity index is 2.16. The van der Waals surface area contributed by atoms with Crippen LogP contribution in [0.1, 0.15) is 61.5 Å². The molecule has 26 heavy (non-hydrogen) atoms. The van der Waals surface area contributed by atoms with Crippen LogP contribution in [0.15, 0.2) is 54.6 Å². The van der Waals surface area contributed by atoms with Gasteiger partial charge in [-0.2, -0.15) is 0 Å². The van der Waals surface area contributed by atoms with Crippen molar-refractivity contribution >= 4 is 11.6 Å². The summed E-state index contributed by atoms with van der Waals surface area (Å²) in [6.45, 7) is 8.43. The summed E-state index contributed by atoms with van der Waals surface area (Å²) in [4.78, 5) is 25.5. The first-order chi connectivity index (χ1) is 12.3. The molecule has 2 rings (SSSR count). The van der Waals surface area contributed by atoms with Crippen LogP contribution in [0, 0.1) is 5.92 Å². The molecule has 3 heteroatoms. The van der Waals surface area contributed by atoms with Crippen molar-refractivity contribution in [3.63, 3.8) is 0 Å². The third kappa shape index (κ3) is 4.67. The van der Waals surface area contributed by atoms with Gasteiger partial charge >= 0.3 is 0 Å². The van der Waals surface area contributed by atoms with Crippen molar-refractivity contribution in [2.45, 2.75) is 45.4 Å². The van der Waals surface area contributed by atoms with Gasteiger partial charge in [-0.3, -0.25) is 9.59 Å². The van der Waals surface area contributed by atoms with Crippen molar-refractivity contribution in [1.82, 2.24) is 0 Å². The van der Waals surface area contributed by atoms with E-state index >= 15 is 0 Å². The summed E-state index contributed by atoms with van der Waals surface area (Å²) in [5.41, 5.74) is 8.34. The summed E-state index contributed by atoms with van der Waals surface area (Å²) in [6, 6.07) is 17.3. The van der Waals surface area contributed by atoms with E-state index in [-0.39, 0.29) is 29.9 Å². The standard InChI is InChI=1S/C23H29NO2/c1-16(2)17-10-12-19(13-11-17)23(3,4)14-21(25)20(15-24)22(26)18-8-6-5-7-9-18/h5-13,16,20H,14-15,24H2,1-4H3. The molecule has 1 atom stereocenters. The second-order valence-electron chi connectivity index (χ2n) is 7.82. The molecule has 0 aliphatic rings. The van der Waals surface area contributed by atoms with Gasteiger partial charge in [-0.15, -0.1) is 0 Å². The van der Waals surface area contributed by atoms with E-state index in [4.69, 9.17) is 5.73 Å². The van der Waals surface area contributed by atoms with Crippen LogP contribution >= 0.6 is 0 Å². The highest BCUT2D eigenvalue weighted by Crippen LogP contribution is 2.30. The van der Waals surface area contributed by atoms with Crippen molar-refractivity contribution in [2.24, 2.45) is 11.7 Å². The van der Waals surface area contributed by atoms with E-state index in [9.17, 15) is 9.59 Å². The molecule has 2 N–H and O–H groups in total. The predicted octanol–water partition coefficient (Wildman–Crippen LogP) is 4.50. The molecule has 0 radical (unpaired) electrons. The van der Waals surface area contributed by atoms with Gasteiger partial charge in [0.2, 0.25) is 0 Å². The molecule has 0 fully saturated rings. The number of nitrogens with two attached hydrogens (primary N) is 1. The highest BCUT2D eigenvalue weighted by molar-refractivity contribution is 6.11. The van der Waals surface area contributed by atoms with E-state index < -0.39 is 5.92 Å². The molecule has 1 unspecified atom stereocenters. The van der Waals surface area contributed by atoms with Crippen molar-refractivity contribution < 1.29 is 9.59 Å². The quantitative estimate of drug-likeness (QED) is 0.562. The van der Waals surface area contributed by atoms with Gasteiger partial charge in [-0.1, -0.05) is 82.3 Å². The molecule has 0 aliphatic carbocycles. The number of benzene rings is 2. The number of carbonyl (C=O) groups is 2.